The summed E-state index contributed by atoms with van der Waals surface area (Å²) in [4.78, 5) is 15.4. The number of nitrogens with zero attached hydrogens (tertiary/aromatic N) is 3. The van der Waals surface area contributed by atoms with Gasteiger partial charge in [0.2, 0.25) is 0 Å². The molecule has 8 aromatic carbocycles. The highest BCUT2D eigenvalue weighted by Gasteiger charge is 2.18. The largest absolute Gasteiger partial charge is 0.455 e. The van der Waals surface area contributed by atoms with Gasteiger partial charge in [0, 0.05) is 32.8 Å². The Hall–Kier alpha value is -6.65. The molecule has 0 amide bonds. The summed E-state index contributed by atoms with van der Waals surface area (Å²) in [5.41, 5.74) is 6.69. The van der Waals surface area contributed by atoms with Gasteiger partial charge in [0.05, 0.1) is 0 Å². The van der Waals surface area contributed by atoms with Crippen molar-refractivity contribution in [3.05, 3.63) is 164 Å². The van der Waals surface area contributed by atoms with E-state index < -0.39 is 0 Å². The van der Waals surface area contributed by atoms with E-state index in [0.717, 1.165) is 65.9 Å². The van der Waals surface area contributed by atoms with Crippen molar-refractivity contribution in [2.75, 3.05) is 0 Å². The Bertz CT molecular complexity index is 2890. The lowest BCUT2D eigenvalue weighted by atomic mass is 9.98. The summed E-state index contributed by atoms with van der Waals surface area (Å²) in [6.45, 7) is 0. The zero-order valence-corrected chi connectivity index (χ0v) is 26.3. The van der Waals surface area contributed by atoms with Crippen LogP contribution in [0.3, 0.4) is 0 Å². The minimum atomic E-state index is 0.610. The van der Waals surface area contributed by atoms with Gasteiger partial charge in [0.15, 0.2) is 17.5 Å². The molecule has 0 saturated carbocycles. The second kappa shape index (κ2) is 11.0. The Balaban J connectivity index is 1.19. The van der Waals surface area contributed by atoms with E-state index in [1.165, 1.54) is 16.2 Å². The van der Waals surface area contributed by atoms with E-state index in [1.54, 1.807) is 0 Å². The van der Waals surface area contributed by atoms with Crippen molar-refractivity contribution < 1.29 is 4.42 Å². The van der Waals surface area contributed by atoms with Crippen molar-refractivity contribution in [1.82, 2.24) is 15.0 Å². The summed E-state index contributed by atoms with van der Waals surface area (Å²) < 4.78 is 6.43. The number of fused-ring (bicyclic) bond motifs is 8. The highest BCUT2D eigenvalue weighted by Crippen LogP contribution is 2.38. The molecule has 10 aromatic rings. The lowest BCUT2D eigenvalue weighted by Gasteiger charge is -2.12. The maximum Gasteiger partial charge on any atom is 0.164 e. The highest BCUT2D eigenvalue weighted by atomic mass is 16.3. The maximum absolute atomic E-state index is 6.43. The summed E-state index contributed by atoms with van der Waals surface area (Å²) >= 11 is 0. The SMILES string of the molecule is c1ccc(-c2ccccc2-c2nc(-c3ccc4c(ccc5ccccc54)c3)nc(-c3ccc4oc5c6ccccc6ccc5c4c3)n2)cc1. The van der Waals surface area contributed by atoms with Crippen LogP contribution in [0.25, 0.3) is 99.5 Å². The fraction of sp³-hybridized carbons (Fsp3) is 0. The fourth-order valence-corrected chi connectivity index (χ4v) is 7.10. The molecule has 228 valence electrons. The zero-order chi connectivity index (χ0) is 32.3. The molecular weight excluding hydrogens is 599 g/mol. The normalized spacial score (nSPS) is 11.7. The topological polar surface area (TPSA) is 51.8 Å². The van der Waals surface area contributed by atoms with Crippen LogP contribution in [-0.2, 0) is 0 Å². The van der Waals surface area contributed by atoms with Crippen molar-refractivity contribution in [3.63, 3.8) is 0 Å². The maximum atomic E-state index is 6.43. The van der Waals surface area contributed by atoms with Crippen LogP contribution in [0.5, 0.6) is 0 Å². The summed E-state index contributed by atoms with van der Waals surface area (Å²) in [6.07, 6.45) is 0. The first-order valence-corrected chi connectivity index (χ1v) is 16.4. The average Bonchev–Trinajstić information content (AvgIpc) is 3.56. The third-order valence-corrected chi connectivity index (χ3v) is 9.51. The predicted octanol–water partition coefficient (Wildman–Crippen LogP) is 11.9. The third kappa shape index (κ3) is 4.57. The van der Waals surface area contributed by atoms with Crippen LogP contribution < -0.4 is 0 Å². The van der Waals surface area contributed by atoms with Crippen LogP contribution in [0.2, 0.25) is 0 Å². The summed E-state index contributed by atoms with van der Waals surface area (Å²) in [5.74, 6) is 1.86. The molecule has 0 aliphatic rings. The van der Waals surface area contributed by atoms with Crippen LogP contribution in [0.15, 0.2) is 168 Å². The van der Waals surface area contributed by atoms with E-state index in [2.05, 4.69) is 140 Å². The standard InChI is InChI=1S/C45H27N3O/c1-2-10-28(11-3-1)35-15-8-9-17-39(35)45-47-43(32-21-23-36-31(26-32)19-18-29-12-4-6-14-34(29)36)46-44(48-45)33-22-25-41-40(27-33)38-24-20-30-13-5-7-16-37(30)42(38)49-41/h1-27H. The fourth-order valence-electron chi connectivity index (χ4n) is 7.10. The van der Waals surface area contributed by atoms with Gasteiger partial charge in [-0.05, 0) is 68.4 Å². The van der Waals surface area contributed by atoms with E-state index in [1.807, 2.05) is 24.3 Å². The molecule has 0 fully saturated rings. The van der Waals surface area contributed by atoms with Gasteiger partial charge in [-0.25, -0.2) is 15.0 Å². The van der Waals surface area contributed by atoms with E-state index >= 15 is 0 Å². The molecule has 0 atom stereocenters. The number of rotatable bonds is 4. The molecule has 0 radical (unpaired) electrons. The molecule has 49 heavy (non-hydrogen) atoms. The van der Waals surface area contributed by atoms with Crippen LogP contribution >= 0.6 is 0 Å². The number of hydrogen-bond donors (Lipinski definition) is 0. The first-order chi connectivity index (χ1) is 24.3. The van der Waals surface area contributed by atoms with Crippen molar-refractivity contribution in [2.45, 2.75) is 0 Å². The van der Waals surface area contributed by atoms with Crippen molar-refractivity contribution in [3.8, 4) is 45.3 Å². The summed E-state index contributed by atoms with van der Waals surface area (Å²) in [6, 6.07) is 56.9. The molecule has 4 heteroatoms. The Labute approximate surface area is 282 Å². The van der Waals surface area contributed by atoms with E-state index in [4.69, 9.17) is 19.4 Å². The molecule has 0 saturated heterocycles. The van der Waals surface area contributed by atoms with Gasteiger partial charge in [0.25, 0.3) is 0 Å². The second-order valence-electron chi connectivity index (χ2n) is 12.4. The first-order valence-electron chi connectivity index (χ1n) is 16.4. The Morgan fingerprint density at radius 2 is 0.898 bits per heavy atom. The molecule has 4 nitrogen and oxygen atoms in total. The van der Waals surface area contributed by atoms with E-state index in [-0.39, 0.29) is 0 Å². The van der Waals surface area contributed by atoms with E-state index in [0.29, 0.717) is 17.5 Å². The molecule has 2 aromatic heterocycles. The van der Waals surface area contributed by atoms with Crippen molar-refractivity contribution >= 4 is 54.3 Å². The summed E-state index contributed by atoms with van der Waals surface area (Å²) in [5, 5.41) is 9.16. The second-order valence-corrected chi connectivity index (χ2v) is 12.4. The molecule has 0 spiro atoms. The van der Waals surface area contributed by atoms with Gasteiger partial charge in [-0.2, -0.15) is 0 Å². The molecule has 0 aliphatic carbocycles. The molecule has 0 N–H and O–H groups in total. The highest BCUT2D eigenvalue weighted by molar-refractivity contribution is 6.15. The Kier molecular flexibility index (Phi) is 6.15. The van der Waals surface area contributed by atoms with Gasteiger partial charge < -0.3 is 4.42 Å². The lowest BCUT2D eigenvalue weighted by Crippen LogP contribution is -2.01. The molecule has 0 unspecified atom stereocenters. The zero-order valence-electron chi connectivity index (χ0n) is 26.3. The minimum absolute atomic E-state index is 0.610. The van der Waals surface area contributed by atoms with Crippen LogP contribution in [0.4, 0.5) is 0 Å². The third-order valence-electron chi connectivity index (χ3n) is 9.51. The van der Waals surface area contributed by atoms with Gasteiger partial charge in [-0.1, -0.05) is 133 Å². The predicted molar refractivity (Wildman–Crippen MR) is 201 cm³/mol. The lowest BCUT2D eigenvalue weighted by molar-refractivity contribution is 0.672. The van der Waals surface area contributed by atoms with Crippen molar-refractivity contribution in [1.29, 1.82) is 0 Å². The van der Waals surface area contributed by atoms with Gasteiger partial charge in [-0.3, -0.25) is 0 Å². The quantitative estimate of drug-likeness (QED) is 0.183. The molecular formula is C45H27N3O. The smallest absolute Gasteiger partial charge is 0.164 e. The van der Waals surface area contributed by atoms with Crippen LogP contribution in [0.1, 0.15) is 0 Å². The molecule has 0 bridgehead atoms. The van der Waals surface area contributed by atoms with E-state index in [9.17, 15) is 0 Å². The average molecular weight is 626 g/mol. The number of aromatic nitrogens is 3. The number of hydrogen-bond acceptors (Lipinski definition) is 4. The van der Waals surface area contributed by atoms with Gasteiger partial charge in [-0.15, -0.1) is 0 Å². The van der Waals surface area contributed by atoms with Crippen LogP contribution in [-0.4, -0.2) is 15.0 Å². The summed E-state index contributed by atoms with van der Waals surface area (Å²) in [7, 11) is 0. The van der Waals surface area contributed by atoms with Crippen molar-refractivity contribution in [2.24, 2.45) is 0 Å². The van der Waals surface area contributed by atoms with Gasteiger partial charge in [0.1, 0.15) is 11.2 Å². The Morgan fingerprint density at radius 3 is 1.73 bits per heavy atom. The van der Waals surface area contributed by atoms with Gasteiger partial charge >= 0.3 is 0 Å². The van der Waals surface area contributed by atoms with Crippen LogP contribution in [0, 0.1) is 0 Å². The molecule has 2 heterocycles. The molecule has 0 aliphatic heterocycles. The first kappa shape index (κ1) is 27.5. The monoisotopic (exact) mass is 625 g/mol. The number of furan rings is 1. The number of benzene rings is 8. The molecule has 10 rings (SSSR count). The Morgan fingerprint density at radius 1 is 0.327 bits per heavy atom. The minimum Gasteiger partial charge on any atom is -0.455 e.